The van der Waals surface area contributed by atoms with Crippen LogP contribution in [0.25, 0.3) is 0 Å². The molecule has 2 aromatic carbocycles. The molecule has 27 heavy (non-hydrogen) atoms. The zero-order valence-electron chi connectivity index (χ0n) is 14.9. The van der Waals surface area contributed by atoms with Crippen LogP contribution < -0.4 is 5.43 Å². The van der Waals surface area contributed by atoms with Crippen molar-refractivity contribution in [2.45, 2.75) is 31.2 Å². The van der Waals surface area contributed by atoms with Crippen molar-refractivity contribution in [2.24, 2.45) is 5.10 Å². The van der Waals surface area contributed by atoms with E-state index in [2.05, 4.69) is 26.5 Å². The molecule has 2 aromatic rings. The molecule has 0 saturated heterocycles. The van der Waals surface area contributed by atoms with Gasteiger partial charge < -0.3 is 4.74 Å². The number of hydrogen-bond donors (Lipinski definition) is 1. The van der Waals surface area contributed by atoms with Crippen LogP contribution in [0.1, 0.15) is 40.7 Å². The second kappa shape index (κ2) is 6.93. The summed E-state index contributed by atoms with van der Waals surface area (Å²) >= 11 is 3.44. The number of aryl methyl sites for hydroxylation is 1. The van der Waals surface area contributed by atoms with Gasteiger partial charge in [-0.25, -0.2) is 4.79 Å². The molecule has 1 N–H and O–H groups in total. The number of Topliss-reactive ketones (excluding diaryl/α,β-unsaturated/α-hetero) is 1. The number of benzene rings is 2. The van der Waals surface area contributed by atoms with Gasteiger partial charge in [-0.1, -0.05) is 52.3 Å². The topological polar surface area (TPSA) is 67.8 Å². The van der Waals surface area contributed by atoms with Crippen LogP contribution in [0.2, 0.25) is 0 Å². The Balaban J connectivity index is 1.82. The van der Waals surface area contributed by atoms with E-state index in [-0.39, 0.29) is 18.1 Å². The van der Waals surface area contributed by atoms with Crippen LogP contribution in [0.3, 0.4) is 0 Å². The molecule has 0 saturated carbocycles. The number of carbonyl (C=O) groups excluding carboxylic acids is 2. The van der Waals surface area contributed by atoms with Crippen LogP contribution in [0.15, 0.2) is 58.1 Å². The number of ether oxygens (including phenoxy) is 1. The van der Waals surface area contributed by atoms with Crippen LogP contribution in [0, 0.1) is 0 Å². The maximum atomic E-state index is 13.5. The van der Waals surface area contributed by atoms with E-state index in [0.717, 1.165) is 22.0 Å². The van der Waals surface area contributed by atoms with Gasteiger partial charge in [-0.05, 0) is 43.0 Å². The summed E-state index contributed by atoms with van der Waals surface area (Å²) in [6.45, 7) is 2.02. The Morgan fingerprint density at radius 2 is 2.00 bits per heavy atom. The van der Waals surface area contributed by atoms with Crippen molar-refractivity contribution in [3.63, 3.8) is 0 Å². The maximum Gasteiger partial charge on any atom is 0.355 e. The monoisotopic (exact) mass is 426 g/mol. The molecule has 1 spiro atoms. The summed E-state index contributed by atoms with van der Waals surface area (Å²) in [6, 6.07) is 15.3. The Labute approximate surface area is 165 Å². The number of halogens is 1. The fourth-order valence-electron chi connectivity index (χ4n) is 4.02. The van der Waals surface area contributed by atoms with Gasteiger partial charge in [0.25, 0.3) is 0 Å². The molecule has 138 valence electrons. The summed E-state index contributed by atoms with van der Waals surface area (Å²) in [5.74, 6) is -1.01. The standard InChI is InChI=1S/C21H19BrN2O3/c1-2-27-20(26)18-17(14-7-9-15(22)10-8-14)21(24-23-18)12-11-13-5-3-4-6-16(13)19(21)25/h3-10,17,24H,2,11-12H2,1H3/t17-,21+/m0/s1. The minimum Gasteiger partial charge on any atom is -0.461 e. The van der Waals surface area contributed by atoms with Crippen LogP contribution in [-0.2, 0) is 16.0 Å². The van der Waals surface area contributed by atoms with Crippen molar-refractivity contribution in [3.05, 3.63) is 69.7 Å². The zero-order valence-corrected chi connectivity index (χ0v) is 16.5. The second-order valence-electron chi connectivity index (χ2n) is 6.77. The summed E-state index contributed by atoms with van der Waals surface area (Å²) in [5, 5.41) is 4.29. The van der Waals surface area contributed by atoms with E-state index in [9.17, 15) is 9.59 Å². The predicted octanol–water partition coefficient (Wildman–Crippen LogP) is 3.62. The van der Waals surface area contributed by atoms with Crippen molar-refractivity contribution < 1.29 is 14.3 Å². The molecule has 5 nitrogen and oxygen atoms in total. The lowest BCUT2D eigenvalue weighted by Gasteiger charge is -2.37. The summed E-state index contributed by atoms with van der Waals surface area (Å²) in [7, 11) is 0. The average molecular weight is 427 g/mol. The Morgan fingerprint density at radius 3 is 2.74 bits per heavy atom. The lowest BCUT2D eigenvalue weighted by atomic mass is 9.67. The summed E-state index contributed by atoms with van der Waals surface area (Å²) in [6.07, 6.45) is 1.31. The Bertz CT molecular complexity index is 939. The van der Waals surface area contributed by atoms with Gasteiger partial charge in [0.15, 0.2) is 11.5 Å². The van der Waals surface area contributed by atoms with Gasteiger partial charge in [0, 0.05) is 10.0 Å². The molecule has 1 heterocycles. The highest BCUT2D eigenvalue weighted by Gasteiger charge is 2.56. The first-order valence-corrected chi connectivity index (χ1v) is 9.76. The number of hydrogen-bond acceptors (Lipinski definition) is 5. The van der Waals surface area contributed by atoms with Gasteiger partial charge in [-0.15, -0.1) is 0 Å². The number of carbonyl (C=O) groups is 2. The highest BCUT2D eigenvalue weighted by atomic mass is 79.9. The van der Waals surface area contributed by atoms with E-state index in [0.29, 0.717) is 12.0 Å². The van der Waals surface area contributed by atoms with E-state index in [1.165, 1.54) is 0 Å². The average Bonchev–Trinajstić information content (AvgIpc) is 3.06. The maximum absolute atomic E-state index is 13.5. The fraction of sp³-hybridized carbons (Fsp3) is 0.286. The van der Waals surface area contributed by atoms with Gasteiger partial charge in [0.05, 0.1) is 12.5 Å². The molecule has 0 aromatic heterocycles. The van der Waals surface area contributed by atoms with E-state index in [1.807, 2.05) is 48.5 Å². The number of esters is 1. The molecule has 1 aliphatic carbocycles. The Morgan fingerprint density at radius 1 is 1.26 bits per heavy atom. The highest BCUT2D eigenvalue weighted by Crippen LogP contribution is 2.43. The molecule has 0 radical (unpaired) electrons. The molecule has 4 rings (SSSR count). The molecule has 0 unspecified atom stereocenters. The third-order valence-corrected chi connectivity index (χ3v) is 5.81. The van der Waals surface area contributed by atoms with E-state index in [1.54, 1.807) is 6.92 Å². The Hall–Kier alpha value is -2.47. The molecule has 1 aliphatic heterocycles. The van der Waals surface area contributed by atoms with Gasteiger partial charge in [0.1, 0.15) is 5.54 Å². The zero-order chi connectivity index (χ0) is 19.0. The number of nitrogens with zero attached hydrogens (tertiary/aromatic N) is 1. The minimum atomic E-state index is -0.968. The van der Waals surface area contributed by atoms with Crippen LogP contribution >= 0.6 is 15.9 Å². The van der Waals surface area contributed by atoms with Gasteiger partial charge in [-0.2, -0.15) is 5.10 Å². The fourth-order valence-corrected chi connectivity index (χ4v) is 4.28. The first-order chi connectivity index (χ1) is 13.1. The van der Waals surface area contributed by atoms with E-state index < -0.39 is 17.4 Å². The van der Waals surface area contributed by atoms with Crippen molar-refractivity contribution in [3.8, 4) is 0 Å². The first-order valence-electron chi connectivity index (χ1n) is 8.97. The minimum absolute atomic E-state index is 0.0275. The van der Waals surface area contributed by atoms with Gasteiger partial charge in [-0.3, -0.25) is 10.2 Å². The van der Waals surface area contributed by atoms with Crippen molar-refractivity contribution in [2.75, 3.05) is 6.61 Å². The van der Waals surface area contributed by atoms with Crippen molar-refractivity contribution in [1.29, 1.82) is 0 Å². The molecule has 6 heteroatoms. The predicted molar refractivity (Wildman–Crippen MR) is 106 cm³/mol. The SMILES string of the molecule is CCOC(=O)C1=NN[C@]2(CCc3ccccc3C2=O)[C@H]1c1ccc(Br)cc1. The molecule has 0 amide bonds. The number of nitrogens with one attached hydrogen (secondary N) is 1. The normalized spacial score (nSPS) is 23.6. The summed E-state index contributed by atoms with van der Waals surface area (Å²) < 4.78 is 6.14. The van der Waals surface area contributed by atoms with Crippen molar-refractivity contribution in [1.82, 2.24) is 5.43 Å². The molecular formula is C21H19BrN2O3. The number of fused-ring (bicyclic) bond motifs is 1. The quantitative estimate of drug-likeness (QED) is 0.760. The van der Waals surface area contributed by atoms with Crippen molar-refractivity contribution >= 4 is 33.4 Å². The highest BCUT2D eigenvalue weighted by molar-refractivity contribution is 9.10. The lowest BCUT2D eigenvalue weighted by molar-refractivity contribution is -0.135. The third kappa shape index (κ3) is 2.88. The molecule has 2 atom stereocenters. The number of rotatable bonds is 3. The second-order valence-corrected chi connectivity index (χ2v) is 7.69. The summed E-state index contributed by atoms with van der Waals surface area (Å²) in [5.41, 5.74) is 4.92. The van der Waals surface area contributed by atoms with Gasteiger partial charge in [0.2, 0.25) is 0 Å². The van der Waals surface area contributed by atoms with Crippen LogP contribution in [0.5, 0.6) is 0 Å². The van der Waals surface area contributed by atoms with E-state index in [4.69, 9.17) is 4.74 Å². The van der Waals surface area contributed by atoms with Crippen LogP contribution in [-0.4, -0.2) is 29.6 Å². The summed E-state index contributed by atoms with van der Waals surface area (Å²) in [4.78, 5) is 26.1. The lowest BCUT2D eigenvalue weighted by Crippen LogP contribution is -2.55. The van der Waals surface area contributed by atoms with Crippen LogP contribution in [0.4, 0.5) is 0 Å². The smallest absolute Gasteiger partial charge is 0.355 e. The molecule has 0 fully saturated rings. The number of hydrazone groups is 1. The first kappa shape index (κ1) is 17.9. The molecule has 2 aliphatic rings. The van der Waals surface area contributed by atoms with E-state index >= 15 is 0 Å². The molecule has 0 bridgehead atoms. The largest absolute Gasteiger partial charge is 0.461 e. The Kier molecular flexibility index (Phi) is 4.60. The third-order valence-electron chi connectivity index (χ3n) is 5.29. The number of ketones is 1. The molecular weight excluding hydrogens is 408 g/mol. The van der Waals surface area contributed by atoms with Gasteiger partial charge >= 0.3 is 5.97 Å².